The summed E-state index contributed by atoms with van der Waals surface area (Å²) >= 11 is 12.4. The molecule has 2 aromatic carbocycles. The Kier molecular flexibility index (Phi) is 5.43. The molecule has 0 radical (unpaired) electrons. The van der Waals surface area contributed by atoms with Crippen LogP contribution in [-0.4, -0.2) is 22.8 Å². The van der Waals surface area contributed by atoms with Crippen LogP contribution in [0.1, 0.15) is 28.7 Å². The maximum absolute atomic E-state index is 13.4. The molecule has 1 saturated heterocycles. The third kappa shape index (κ3) is 3.80. The van der Waals surface area contributed by atoms with Crippen LogP contribution in [0.5, 0.6) is 0 Å². The molecule has 4 nitrogen and oxygen atoms in total. The maximum atomic E-state index is 13.4. The number of aromatic nitrogens is 1. The van der Waals surface area contributed by atoms with Crippen LogP contribution >= 0.6 is 23.2 Å². The average Bonchev–Trinajstić information content (AvgIpc) is 2.68. The van der Waals surface area contributed by atoms with Crippen molar-refractivity contribution in [3.63, 3.8) is 0 Å². The number of carbonyl (C=O) groups excluding carboxylic acids is 1. The van der Waals surface area contributed by atoms with Gasteiger partial charge in [-0.15, -0.1) is 0 Å². The second-order valence-corrected chi connectivity index (χ2v) is 7.84. The van der Waals surface area contributed by atoms with Crippen LogP contribution in [-0.2, 0) is 4.79 Å². The zero-order valence-corrected chi connectivity index (χ0v) is 17.1. The fourth-order valence-electron chi connectivity index (χ4n) is 3.74. The predicted molar refractivity (Wildman–Crippen MR) is 113 cm³/mol. The van der Waals surface area contributed by atoms with Crippen molar-refractivity contribution in [2.45, 2.75) is 18.9 Å². The highest BCUT2D eigenvalue weighted by Gasteiger charge is 2.42. The highest BCUT2D eigenvalue weighted by atomic mass is 35.5. The number of anilines is 2. The van der Waals surface area contributed by atoms with Gasteiger partial charge in [0, 0.05) is 40.5 Å². The van der Waals surface area contributed by atoms with Gasteiger partial charge in [0.15, 0.2) is 0 Å². The lowest BCUT2D eigenvalue weighted by Gasteiger charge is -2.47. The van der Waals surface area contributed by atoms with Gasteiger partial charge in [0.2, 0.25) is 6.41 Å². The Morgan fingerprint density at radius 3 is 2.66 bits per heavy atom. The zero-order valence-electron chi connectivity index (χ0n) is 15.6. The zero-order chi connectivity index (χ0) is 20.5. The number of rotatable bonds is 5. The monoisotopic (exact) mass is 429 g/mol. The van der Waals surface area contributed by atoms with Crippen LogP contribution in [0.2, 0.25) is 10.2 Å². The average molecular weight is 430 g/mol. The highest BCUT2D eigenvalue weighted by Crippen LogP contribution is 2.48. The molecular formula is C22H18Cl2FN3O. The lowest BCUT2D eigenvalue weighted by atomic mass is 9.78. The first-order valence-electron chi connectivity index (χ1n) is 9.12. The summed E-state index contributed by atoms with van der Waals surface area (Å²) in [5.41, 5.74) is 4.19. The molecule has 148 valence electrons. The Bertz CT molecular complexity index is 1060. The molecule has 2 heterocycles. The molecule has 1 aliphatic heterocycles. The molecule has 2 atom stereocenters. The number of nitrogens with zero attached hydrogens (tertiary/aromatic N) is 2. The normalized spacial score (nSPS) is 18.3. The lowest BCUT2D eigenvalue weighted by molar-refractivity contribution is -0.126. The first-order valence-corrected chi connectivity index (χ1v) is 9.87. The third-order valence-electron chi connectivity index (χ3n) is 5.28. The summed E-state index contributed by atoms with van der Waals surface area (Å²) in [6.07, 6.45) is 2.52. The Morgan fingerprint density at radius 2 is 1.97 bits per heavy atom. The lowest BCUT2D eigenvalue weighted by Crippen LogP contribution is -2.47. The van der Waals surface area contributed by atoms with Gasteiger partial charge in [0.1, 0.15) is 11.0 Å². The standard InChI is InChI=1S/C22H18Cl2FN3O/c1-13-20(27-17-4-2-3-15(23)9-17)18(10-26-22(13)24)21-19(11-28(21)12-29)14-5-7-16(25)8-6-14/h2-10,12,19,21H,11H2,1H3,(H,26,27). The molecule has 4 rings (SSSR count). The summed E-state index contributed by atoms with van der Waals surface area (Å²) in [4.78, 5) is 17.7. The molecule has 0 saturated carbocycles. The van der Waals surface area contributed by atoms with Crippen molar-refractivity contribution in [3.8, 4) is 0 Å². The van der Waals surface area contributed by atoms with Crippen molar-refractivity contribution in [2.24, 2.45) is 0 Å². The summed E-state index contributed by atoms with van der Waals surface area (Å²) in [5.74, 6) is -0.257. The van der Waals surface area contributed by atoms with Crippen LogP contribution in [0.15, 0.2) is 54.7 Å². The summed E-state index contributed by atoms with van der Waals surface area (Å²) in [7, 11) is 0. The van der Waals surface area contributed by atoms with Gasteiger partial charge in [-0.3, -0.25) is 4.79 Å². The van der Waals surface area contributed by atoms with Crippen molar-refractivity contribution in [3.05, 3.63) is 87.4 Å². The van der Waals surface area contributed by atoms with E-state index in [1.807, 2.05) is 25.1 Å². The van der Waals surface area contributed by atoms with E-state index in [1.54, 1.807) is 29.3 Å². The molecule has 0 spiro atoms. The van der Waals surface area contributed by atoms with E-state index in [2.05, 4.69) is 10.3 Å². The second kappa shape index (κ2) is 8.01. The summed E-state index contributed by atoms with van der Waals surface area (Å²) in [6, 6.07) is 13.5. The second-order valence-electron chi connectivity index (χ2n) is 7.04. The van der Waals surface area contributed by atoms with E-state index in [1.165, 1.54) is 12.1 Å². The van der Waals surface area contributed by atoms with Crippen molar-refractivity contribution < 1.29 is 9.18 Å². The molecule has 0 bridgehead atoms. The summed E-state index contributed by atoms with van der Waals surface area (Å²) < 4.78 is 13.4. The SMILES string of the molecule is Cc1c(Cl)ncc(C2C(c3ccc(F)cc3)CN2C=O)c1Nc1cccc(Cl)c1. The molecule has 0 aliphatic carbocycles. The molecule has 3 aromatic rings. The fraction of sp³-hybridized carbons (Fsp3) is 0.182. The number of hydrogen-bond acceptors (Lipinski definition) is 3. The van der Waals surface area contributed by atoms with Gasteiger partial charge in [-0.1, -0.05) is 41.4 Å². The van der Waals surface area contributed by atoms with E-state index < -0.39 is 0 Å². The number of hydrogen-bond donors (Lipinski definition) is 1. The number of benzene rings is 2. The molecule has 29 heavy (non-hydrogen) atoms. The van der Waals surface area contributed by atoms with Crippen LogP contribution in [0, 0.1) is 12.7 Å². The summed E-state index contributed by atoms with van der Waals surface area (Å²) in [6.45, 7) is 2.43. The minimum Gasteiger partial charge on any atom is -0.355 e. The van der Waals surface area contributed by atoms with Gasteiger partial charge >= 0.3 is 0 Å². The first-order chi connectivity index (χ1) is 14.0. The smallest absolute Gasteiger partial charge is 0.210 e. The largest absolute Gasteiger partial charge is 0.355 e. The van der Waals surface area contributed by atoms with Crippen LogP contribution in [0.3, 0.4) is 0 Å². The van der Waals surface area contributed by atoms with Crippen molar-refractivity contribution in [1.82, 2.24) is 9.88 Å². The quantitative estimate of drug-likeness (QED) is 0.406. The summed E-state index contributed by atoms with van der Waals surface area (Å²) in [5, 5.41) is 4.38. The minimum atomic E-state index is -0.288. The fourth-order valence-corrected chi connectivity index (χ4v) is 4.08. The number of halogens is 3. The van der Waals surface area contributed by atoms with Gasteiger partial charge in [-0.2, -0.15) is 0 Å². The molecule has 1 N–H and O–H groups in total. The Labute approximate surface area is 178 Å². The predicted octanol–water partition coefficient (Wildman–Crippen LogP) is 5.88. The van der Waals surface area contributed by atoms with Crippen molar-refractivity contribution in [1.29, 1.82) is 0 Å². The molecule has 7 heteroatoms. The first kappa shape index (κ1) is 19.7. The van der Waals surface area contributed by atoms with Crippen LogP contribution < -0.4 is 5.32 Å². The Balaban J connectivity index is 1.77. The van der Waals surface area contributed by atoms with Gasteiger partial charge in [0.05, 0.1) is 11.7 Å². The number of amides is 1. The molecule has 1 fully saturated rings. The van der Waals surface area contributed by atoms with E-state index in [0.717, 1.165) is 34.5 Å². The Hall–Kier alpha value is -2.63. The van der Waals surface area contributed by atoms with E-state index in [0.29, 0.717) is 16.7 Å². The van der Waals surface area contributed by atoms with E-state index in [-0.39, 0.29) is 17.8 Å². The minimum absolute atomic E-state index is 0.0306. The molecule has 1 aromatic heterocycles. The molecule has 1 amide bonds. The number of carbonyl (C=O) groups is 1. The molecule has 2 unspecified atom stereocenters. The number of nitrogens with one attached hydrogen (secondary N) is 1. The van der Waals surface area contributed by atoms with Crippen LogP contribution in [0.4, 0.5) is 15.8 Å². The van der Waals surface area contributed by atoms with Gasteiger partial charge in [-0.05, 0) is 42.8 Å². The van der Waals surface area contributed by atoms with Gasteiger partial charge in [-0.25, -0.2) is 9.37 Å². The van der Waals surface area contributed by atoms with E-state index in [4.69, 9.17) is 23.2 Å². The van der Waals surface area contributed by atoms with E-state index >= 15 is 0 Å². The highest BCUT2D eigenvalue weighted by molar-refractivity contribution is 6.31. The molecular weight excluding hydrogens is 412 g/mol. The van der Waals surface area contributed by atoms with Crippen molar-refractivity contribution in [2.75, 3.05) is 11.9 Å². The van der Waals surface area contributed by atoms with E-state index in [9.17, 15) is 9.18 Å². The van der Waals surface area contributed by atoms with Crippen LogP contribution in [0.25, 0.3) is 0 Å². The number of likely N-dealkylation sites (tertiary alicyclic amines) is 1. The topological polar surface area (TPSA) is 45.2 Å². The van der Waals surface area contributed by atoms with Gasteiger partial charge < -0.3 is 10.2 Å². The Morgan fingerprint density at radius 1 is 1.21 bits per heavy atom. The molecule has 1 aliphatic rings. The number of pyridine rings is 1. The maximum Gasteiger partial charge on any atom is 0.210 e. The van der Waals surface area contributed by atoms with Crippen molar-refractivity contribution >= 4 is 41.0 Å². The third-order valence-corrected chi connectivity index (χ3v) is 5.90. The van der Waals surface area contributed by atoms with Gasteiger partial charge in [0.25, 0.3) is 0 Å².